The first kappa shape index (κ1) is 22.9. The molecule has 1 saturated heterocycles. The van der Waals surface area contributed by atoms with Gasteiger partial charge < -0.3 is 15.2 Å². The van der Waals surface area contributed by atoms with Gasteiger partial charge in [0, 0.05) is 19.2 Å². The fraction of sp³-hybridized carbons (Fsp3) is 0.200. The molecule has 2 N–H and O–H groups in total. The lowest BCUT2D eigenvalue weighted by Crippen LogP contribution is -2.43. The molecule has 2 amide bonds. The molecule has 1 fully saturated rings. The number of carbonyl (C=O) groups is 3. The minimum absolute atomic E-state index is 0.0106. The van der Waals surface area contributed by atoms with Gasteiger partial charge in [0.2, 0.25) is 11.8 Å². The molecule has 1 aliphatic heterocycles. The van der Waals surface area contributed by atoms with Crippen molar-refractivity contribution in [2.45, 2.75) is 11.7 Å². The number of aromatic hydroxyl groups is 1. The van der Waals surface area contributed by atoms with E-state index in [1.807, 2.05) is 0 Å². The standard InChI is InChI=1S/C20H17Cl2N3O5S/c1-25-16(26)9-15(18(28)23-11-5-3-10(4-6-11)19(29)30-2)31-20(25)24-12-7-13(21)17(27)14(22)8-12/h3-8,15,27H,9H2,1-2H3,(H,23,28)/t15-/m1/s1. The molecule has 11 heteroatoms. The molecule has 0 radical (unpaired) electrons. The average Bonchev–Trinajstić information content (AvgIpc) is 2.74. The fourth-order valence-corrected chi connectivity index (χ4v) is 4.20. The highest BCUT2D eigenvalue weighted by molar-refractivity contribution is 8.15. The van der Waals surface area contributed by atoms with Crippen molar-refractivity contribution >= 4 is 69.3 Å². The first-order chi connectivity index (χ1) is 14.7. The lowest BCUT2D eigenvalue weighted by Gasteiger charge is -2.28. The topological polar surface area (TPSA) is 108 Å². The Labute approximate surface area is 192 Å². The van der Waals surface area contributed by atoms with Crippen LogP contribution in [0.4, 0.5) is 11.4 Å². The van der Waals surface area contributed by atoms with Crippen LogP contribution < -0.4 is 5.32 Å². The highest BCUT2D eigenvalue weighted by Gasteiger charge is 2.34. The summed E-state index contributed by atoms with van der Waals surface area (Å²) in [7, 11) is 2.84. The van der Waals surface area contributed by atoms with Gasteiger partial charge in [-0.2, -0.15) is 0 Å². The number of hydrogen-bond donors (Lipinski definition) is 2. The molecule has 3 rings (SSSR count). The van der Waals surface area contributed by atoms with Crippen molar-refractivity contribution in [1.29, 1.82) is 0 Å². The molecule has 0 bridgehead atoms. The van der Waals surface area contributed by atoms with E-state index in [1.165, 1.54) is 36.3 Å². The maximum absolute atomic E-state index is 12.7. The number of ether oxygens (including phenoxy) is 1. The van der Waals surface area contributed by atoms with Gasteiger partial charge in [-0.15, -0.1) is 0 Å². The van der Waals surface area contributed by atoms with Crippen LogP contribution in [0.1, 0.15) is 16.8 Å². The summed E-state index contributed by atoms with van der Waals surface area (Å²) in [6.45, 7) is 0. The molecule has 0 unspecified atom stereocenters. The third-order valence-corrected chi connectivity index (χ3v) is 6.18. The zero-order valence-electron chi connectivity index (χ0n) is 16.4. The first-order valence-electron chi connectivity index (χ1n) is 8.88. The van der Waals surface area contributed by atoms with E-state index < -0.39 is 11.2 Å². The van der Waals surface area contributed by atoms with E-state index in [2.05, 4.69) is 15.0 Å². The van der Waals surface area contributed by atoms with Crippen LogP contribution in [0.15, 0.2) is 41.4 Å². The van der Waals surface area contributed by atoms with Gasteiger partial charge in [-0.3, -0.25) is 14.5 Å². The number of thioether (sulfide) groups is 1. The summed E-state index contributed by atoms with van der Waals surface area (Å²) in [5.74, 6) is -1.41. The van der Waals surface area contributed by atoms with Crippen LogP contribution >= 0.6 is 35.0 Å². The number of carbonyl (C=O) groups excluding carboxylic acids is 3. The molecule has 0 aliphatic carbocycles. The minimum Gasteiger partial charge on any atom is -0.505 e. The number of rotatable bonds is 4. The predicted molar refractivity (Wildman–Crippen MR) is 120 cm³/mol. The number of anilines is 1. The second kappa shape index (κ2) is 9.59. The summed E-state index contributed by atoms with van der Waals surface area (Å²) in [4.78, 5) is 42.3. The van der Waals surface area contributed by atoms with E-state index in [-0.39, 0.29) is 39.2 Å². The number of nitrogens with one attached hydrogen (secondary N) is 1. The highest BCUT2D eigenvalue weighted by Crippen LogP contribution is 2.37. The van der Waals surface area contributed by atoms with Crippen LogP contribution in [-0.4, -0.2) is 52.4 Å². The highest BCUT2D eigenvalue weighted by atomic mass is 35.5. The van der Waals surface area contributed by atoms with Gasteiger partial charge in [0.15, 0.2) is 10.9 Å². The number of amides is 2. The summed E-state index contributed by atoms with van der Waals surface area (Å²) in [6.07, 6.45) is -0.0106. The van der Waals surface area contributed by atoms with Crippen LogP contribution in [0.3, 0.4) is 0 Å². The van der Waals surface area contributed by atoms with Crippen LogP contribution in [0.25, 0.3) is 0 Å². The third kappa shape index (κ3) is 5.30. The van der Waals surface area contributed by atoms with Gasteiger partial charge in [0.1, 0.15) is 5.25 Å². The Morgan fingerprint density at radius 2 is 1.84 bits per heavy atom. The van der Waals surface area contributed by atoms with Gasteiger partial charge >= 0.3 is 5.97 Å². The predicted octanol–water partition coefficient (Wildman–Crippen LogP) is 4.08. The van der Waals surface area contributed by atoms with Crippen molar-refractivity contribution in [3.8, 4) is 5.75 Å². The number of halogens is 2. The van der Waals surface area contributed by atoms with Crippen LogP contribution in [-0.2, 0) is 14.3 Å². The van der Waals surface area contributed by atoms with Gasteiger partial charge in [-0.05, 0) is 36.4 Å². The number of benzene rings is 2. The Bertz CT molecular complexity index is 1050. The Hall–Kier alpha value is -2.75. The molecule has 1 atom stereocenters. The van der Waals surface area contributed by atoms with E-state index in [4.69, 9.17) is 23.2 Å². The lowest BCUT2D eigenvalue weighted by atomic mass is 10.2. The van der Waals surface area contributed by atoms with Crippen molar-refractivity contribution in [1.82, 2.24) is 4.90 Å². The maximum atomic E-state index is 12.7. The molecule has 0 aromatic heterocycles. The fourth-order valence-electron chi connectivity index (χ4n) is 2.66. The van der Waals surface area contributed by atoms with E-state index >= 15 is 0 Å². The number of phenols is 1. The number of phenolic OH excluding ortho intramolecular Hbond substituents is 1. The van der Waals surface area contributed by atoms with Gasteiger partial charge in [-0.25, -0.2) is 9.79 Å². The molecule has 0 saturated carbocycles. The van der Waals surface area contributed by atoms with E-state index in [1.54, 1.807) is 19.2 Å². The molecular formula is C20H17Cl2N3O5S. The van der Waals surface area contributed by atoms with E-state index in [0.717, 1.165) is 11.8 Å². The van der Waals surface area contributed by atoms with Crippen molar-refractivity contribution in [2.75, 3.05) is 19.5 Å². The minimum atomic E-state index is -0.717. The number of esters is 1. The summed E-state index contributed by atoms with van der Waals surface area (Å²) >= 11 is 13.0. The van der Waals surface area contributed by atoms with Crippen LogP contribution in [0.5, 0.6) is 5.75 Å². The van der Waals surface area contributed by atoms with Crippen LogP contribution in [0.2, 0.25) is 10.0 Å². The quantitative estimate of drug-likeness (QED) is 0.636. The van der Waals surface area contributed by atoms with Crippen molar-refractivity contribution in [2.24, 2.45) is 4.99 Å². The van der Waals surface area contributed by atoms with Crippen LogP contribution in [0, 0.1) is 0 Å². The van der Waals surface area contributed by atoms with Crippen molar-refractivity contribution in [3.63, 3.8) is 0 Å². The number of hydrogen-bond acceptors (Lipinski definition) is 7. The Morgan fingerprint density at radius 1 is 1.23 bits per heavy atom. The molecule has 162 valence electrons. The molecular weight excluding hydrogens is 465 g/mol. The summed E-state index contributed by atoms with van der Waals surface area (Å²) in [5, 5.41) is 12.0. The molecule has 31 heavy (non-hydrogen) atoms. The number of nitrogens with zero attached hydrogens (tertiary/aromatic N) is 2. The monoisotopic (exact) mass is 481 g/mol. The summed E-state index contributed by atoms with van der Waals surface area (Å²) < 4.78 is 4.64. The third-order valence-electron chi connectivity index (χ3n) is 4.36. The molecule has 1 heterocycles. The lowest BCUT2D eigenvalue weighted by molar-refractivity contribution is -0.128. The number of aliphatic imine (C=N–C) groups is 1. The normalized spacial score (nSPS) is 17.5. The van der Waals surface area contributed by atoms with Crippen molar-refractivity contribution < 1.29 is 24.2 Å². The first-order valence-corrected chi connectivity index (χ1v) is 10.5. The summed E-state index contributed by atoms with van der Waals surface area (Å²) in [5.41, 5.74) is 1.15. The second-order valence-corrected chi connectivity index (χ2v) is 8.46. The largest absolute Gasteiger partial charge is 0.505 e. The second-order valence-electron chi connectivity index (χ2n) is 6.47. The average molecular weight is 482 g/mol. The number of methoxy groups -OCH3 is 1. The Balaban J connectivity index is 1.77. The Kier molecular flexibility index (Phi) is 7.09. The molecule has 1 aliphatic rings. The van der Waals surface area contributed by atoms with E-state index in [9.17, 15) is 19.5 Å². The zero-order valence-corrected chi connectivity index (χ0v) is 18.7. The Morgan fingerprint density at radius 3 is 2.42 bits per heavy atom. The van der Waals surface area contributed by atoms with Gasteiger partial charge in [0.05, 0.1) is 28.4 Å². The van der Waals surface area contributed by atoms with E-state index in [0.29, 0.717) is 16.9 Å². The molecule has 8 nitrogen and oxygen atoms in total. The smallest absolute Gasteiger partial charge is 0.337 e. The zero-order chi connectivity index (χ0) is 22.7. The van der Waals surface area contributed by atoms with Gasteiger partial charge in [-0.1, -0.05) is 35.0 Å². The molecule has 2 aromatic rings. The van der Waals surface area contributed by atoms with Gasteiger partial charge in [0.25, 0.3) is 0 Å². The molecule has 0 spiro atoms. The number of amidine groups is 1. The summed E-state index contributed by atoms with van der Waals surface area (Å²) in [6, 6.07) is 9.00. The maximum Gasteiger partial charge on any atom is 0.337 e. The SMILES string of the molecule is COC(=O)c1ccc(NC(=O)[C@H]2CC(=O)N(C)C(=Nc3cc(Cl)c(O)c(Cl)c3)S2)cc1. The molecule has 2 aromatic carbocycles. The van der Waals surface area contributed by atoms with Crippen molar-refractivity contribution in [3.05, 3.63) is 52.0 Å².